The zero-order valence-electron chi connectivity index (χ0n) is 10.1. The maximum absolute atomic E-state index is 12.5. The van der Waals surface area contributed by atoms with E-state index in [1.165, 1.54) is 13.3 Å². The third-order valence-electron chi connectivity index (χ3n) is 2.81. The minimum Gasteiger partial charge on any atom is -0.377 e. The second kappa shape index (κ2) is 4.97. The molecule has 0 bridgehead atoms. The van der Waals surface area contributed by atoms with Crippen LogP contribution in [0.25, 0.3) is 0 Å². The lowest BCUT2D eigenvalue weighted by atomic mass is 10.0. The van der Waals surface area contributed by atoms with Crippen molar-refractivity contribution in [2.24, 2.45) is 10.9 Å². The molecule has 2 atom stereocenters. The highest BCUT2D eigenvalue weighted by molar-refractivity contribution is 6.30. The molecule has 2 rings (SSSR count). The van der Waals surface area contributed by atoms with E-state index < -0.39 is 11.9 Å². The van der Waals surface area contributed by atoms with Crippen molar-refractivity contribution in [3.05, 3.63) is 29.2 Å². The van der Waals surface area contributed by atoms with Gasteiger partial charge in [-0.15, -0.1) is 0 Å². The quantitative estimate of drug-likeness (QED) is 0.747. The highest BCUT2D eigenvalue weighted by Gasteiger charge is 2.35. The Bertz CT molecular complexity index is 536. The first-order valence-electron chi connectivity index (χ1n) is 5.45. The summed E-state index contributed by atoms with van der Waals surface area (Å²) in [4.78, 5) is 4.02. The zero-order valence-corrected chi connectivity index (χ0v) is 10.9. The molecule has 0 spiro atoms. The topological polar surface area (TPSA) is 39.4 Å². The number of aliphatic imine (C=N–C) groups is 1. The lowest BCUT2D eigenvalue weighted by Gasteiger charge is -2.24. The molecule has 0 radical (unpaired) electrons. The monoisotopic (exact) mass is 293 g/mol. The highest BCUT2D eigenvalue weighted by Crippen LogP contribution is 2.28. The number of hydrogen-bond acceptors (Lipinski definition) is 3. The van der Waals surface area contributed by atoms with E-state index in [-0.39, 0.29) is 17.2 Å². The number of aromatic nitrogens is 2. The molecule has 1 aliphatic rings. The summed E-state index contributed by atoms with van der Waals surface area (Å²) in [6.07, 6.45) is -2.02. The van der Waals surface area contributed by atoms with Crippen molar-refractivity contribution >= 4 is 17.4 Å². The Kier molecular flexibility index (Phi) is 3.69. The van der Waals surface area contributed by atoms with Crippen molar-refractivity contribution in [2.45, 2.75) is 19.2 Å². The van der Waals surface area contributed by atoms with E-state index in [0.717, 1.165) is 10.7 Å². The van der Waals surface area contributed by atoms with Gasteiger partial charge in [0.1, 0.15) is 11.0 Å². The Morgan fingerprint density at radius 3 is 2.63 bits per heavy atom. The highest BCUT2D eigenvalue weighted by atomic mass is 35.5. The van der Waals surface area contributed by atoms with Crippen LogP contribution in [0.3, 0.4) is 0 Å². The largest absolute Gasteiger partial charge is 0.435 e. The van der Waals surface area contributed by atoms with Gasteiger partial charge in [0.25, 0.3) is 0 Å². The SMILES string of the molecule is COC1C=C(Cl)N=C(n2ccc(C(F)(F)F)n2)C1C. The van der Waals surface area contributed by atoms with E-state index in [9.17, 15) is 13.2 Å². The summed E-state index contributed by atoms with van der Waals surface area (Å²) in [6.45, 7) is 1.78. The molecule has 2 unspecified atom stereocenters. The fraction of sp³-hybridized carbons (Fsp3) is 0.455. The van der Waals surface area contributed by atoms with Crippen LogP contribution in [-0.2, 0) is 10.9 Å². The van der Waals surface area contributed by atoms with Gasteiger partial charge >= 0.3 is 6.18 Å². The Labute approximate surface area is 112 Å². The molecule has 0 aromatic carbocycles. The third kappa shape index (κ3) is 2.82. The summed E-state index contributed by atoms with van der Waals surface area (Å²) in [5.41, 5.74) is -0.970. The second-order valence-corrected chi connectivity index (χ2v) is 4.48. The van der Waals surface area contributed by atoms with Gasteiger partial charge in [-0.1, -0.05) is 18.5 Å². The number of hydrogen-bond donors (Lipinski definition) is 0. The first-order chi connectivity index (χ1) is 8.82. The predicted molar refractivity (Wildman–Crippen MR) is 64.0 cm³/mol. The van der Waals surface area contributed by atoms with E-state index in [4.69, 9.17) is 16.3 Å². The van der Waals surface area contributed by atoms with Crippen molar-refractivity contribution in [3.8, 4) is 0 Å². The Morgan fingerprint density at radius 2 is 2.11 bits per heavy atom. The van der Waals surface area contributed by atoms with Crippen molar-refractivity contribution in [1.29, 1.82) is 0 Å². The van der Waals surface area contributed by atoms with Crippen LogP contribution in [0.15, 0.2) is 28.5 Å². The average molecular weight is 294 g/mol. The molecule has 0 saturated heterocycles. The molecule has 4 nitrogen and oxygen atoms in total. The molecule has 0 fully saturated rings. The molecule has 19 heavy (non-hydrogen) atoms. The van der Waals surface area contributed by atoms with Crippen LogP contribution in [0.5, 0.6) is 0 Å². The summed E-state index contributed by atoms with van der Waals surface area (Å²) >= 11 is 5.83. The van der Waals surface area contributed by atoms with E-state index in [1.54, 1.807) is 13.0 Å². The second-order valence-electron chi connectivity index (χ2n) is 4.09. The Morgan fingerprint density at radius 1 is 1.42 bits per heavy atom. The summed E-state index contributed by atoms with van der Waals surface area (Å²) < 4.78 is 43.8. The van der Waals surface area contributed by atoms with Gasteiger partial charge in [-0.05, 0) is 12.1 Å². The van der Waals surface area contributed by atoms with Crippen LogP contribution in [-0.4, -0.2) is 28.8 Å². The number of nitrogens with zero attached hydrogens (tertiary/aromatic N) is 3. The Balaban J connectivity index is 2.36. The van der Waals surface area contributed by atoms with Gasteiger partial charge in [0, 0.05) is 19.2 Å². The van der Waals surface area contributed by atoms with Crippen LogP contribution >= 0.6 is 11.6 Å². The summed E-state index contributed by atoms with van der Waals surface area (Å²) in [6, 6.07) is 0.892. The molecule has 0 saturated carbocycles. The molecule has 1 aromatic rings. The number of rotatable bonds is 1. The van der Waals surface area contributed by atoms with E-state index in [2.05, 4.69) is 10.1 Å². The van der Waals surface area contributed by atoms with Gasteiger partial charge in [0.05, 0.1) is 6.10 Å². The van der Waals surface area contributed by atoms with Crippen molar-refractivity contribution in [1.82, 2.24) is 9.78 Å². The third-order valence-corrected chi connectivity index (χ3v) is 3.02. The summed E-state index contributed by atoms with van der Waals surface area (Å²) in [5, 5.41) is 3.65. The Hall–Kier alpha value is -1.34. The van der Waals surface area contributed by atoms with Gasteiger partial charge < -0.3 is 4.74 Å². The normalized spacial score (nSPS) is 24.1. The molecular weight excluding hydrogens is 283 g/mol. The standard InChI is InChI=1S/C11H11ClF3N3O/c1-6-7(19-2)5-9(12)16-10(6)18-4-3-8(17-18)11(13,14)15/h3-7H,1-2H3. The first kappa shape index (κ1) is 14.1. The maximum atomic E-state index is 12.5. The minimum absolute atomic E-state index is 0.170. The van der Waals surface area contributed by atoms with E-state index >= 15 is 0 Å². The van der Waals surface area contributed by atoms with Crippen LogP contribution in [0.4, 0.5) is 13.2 Å². The van der Waals surface area contributed by atoms with Crippen LogP contribution in [0, 0.1) is 5.92 Å². The van der Waals surface area contributed by atoms with Crippen LogP contribution in [0.1, 0.15) is 12.6 Å². The average Bonchev–Trinajstić information content (AvgIpc) is 2.80. The van der Waals surface area contributed by atoms with Gasteiger partial charge in [-0.2, -0.15) is 18.3 Å². The molecule has 0 N–H and O–H groups in total. The van der Waals surface area contributed by atoms with Crippen molar-refractivity contribution in [2.75, 3.05) is 7.11 Å². The number of alkyl halides is 3. The predicted octanol–water partition coefficient (Wildman–Crippen LogP) is 2.89. The molecule has 1 aliphatic heterocycles. The first-order valence-corrected chi connectivity index (χ1v) is 5.82. The number of methoxy groups -OCH3 is 1. The summed E-state index contributed by atoms with van der Waals surface area (Å²) in [5.74, 6) is 0.0586. The fourth-order valence-corrected chi connectivity index (χ4v) is 2.02. The van der Waals surface area contributed by atoms with Gasteiger partial charge in [0.2, 0.25) is 0 Å². The molecule has 8 heteroatoms. The van der Waals surface area contributed by atoms with E-state index in [1.807, 2.05) is 0 Å². The number of ether oxygens (including phenoxy) is 1. The lowest BCUT2D eigenvalue weighted by molar-refractivity contribution is -0.141. The molecule has 2 heterocycles. The number of halogens is 4. The van der Waals surface area contributed by atoms with E-state index in [0.29, 0.717) is 5.84 Å². The molecule has 0 amide bonds. The minimum atomic E-state index is -4.48. The molecule has 104 valence electrons. The lowest BCUT2D eigenvalue weighted by Crippen LogP contribution is -2.33. The maximum Gasteiger partial charge on any atom is 0.435 e. The molecule has 1 aromatic heterocycles. The van der Waals surface area contributed by atoms with Gasteiger partial charge in [0.15, 0.2) is 5.69 Å². The van der Waals surface area contributed by atoms with Gasteiger partial charge in [-0.3, -0.25) is 0 Å². The fourth-order valence-electron chi connectivity index (χ4n) is 1.81. The van der Waals surface area contributed by atoms with Gasteiger partial charge in [-0.25, -0.2) is 9.67 Å². The van der Waals surface area contributed by atoms with Crippen LogP contribution < -0.4 is 0 Å². The van der Waals surface area contributed by atoms with Crippen LogP contribution in [0.2, 0.25) is 0 Å². The smallest absolute Gasteiger partial charge is 0.377 e. The molecule has 0 aliphatic carbocycles. The molecular formula is C11H11ClF3N3O. The van der Waals surface area contributed by atoms with Crippen molar-refractivity contribution < 1.29 is 17.9 Å². The summed E-state index contributed by atoms with van der Waals surface area (Å²) in [7, 11) is 1.50. The van der Waals surface area contributed by atoms with Crippen molar-refractivity contribution in [3.63, 3.8) is 0 Å². The zero-order chi connectivity index (χ0) is 14.2.